The maximum absolute atomic E-state index is 4.44. The third-order valence-electron chi connectivity index (χ3n) is 2.00. The number of fused-ring (bicyclic) bond motifs is 1. The molecule has 0 saturated carbocycles. The molecule has 0 bridgehead atoms. The summed E-state index contributed by atoms with van der Waals surface area (Å²) in [7, 11) is 0. The van der Waals surface area contributed by atoms with Gasteiger partial charge in [-0.1, -0.05) is 19.1 Å². The predicted molar refractivity (Wildman–Crippen MR) is 58.3 cm³/mol. The molecular formula is C11H13N3. The average Bonchev–Trinajstić information content (AvgIpc) is 2.26. The maximum Gasteiger partial charge on any atom is 0.145 e. The zero-order valence-corrected chi connectivity index (χ0v) is 8.20. The molecule has 0 unspecified atom stereocenters. The molecule has 2 aromatic rings. The van der Waals surface area contributed by atoms with E-state index in [2.05, 4.69) is 22.2 Å². The second-order valence-electron chi connectivity index (χ2n) is 3.17. The van der Waals surface area contributed by atoms with E-state index < -0.39 is 0 Å². The van der Waals surface area contributed by atoms with Gasteiger partial charge in [-0.15, -0.1) is 0 Å². The lowest BCUT2D eigenvalue weighted by Crippen LogP contribution is -2.02. The van der Waals surface area contributed by atoms with Gasteiger partial charge in [0.1, 0.15) is 5.82 Å². The molecule has 0 fully saturated rings. The van der Waals surface area contributed by atoms with Crippen molar-refractivity contribution in [3.8, 4) is 0 Å². The lowest BCUT2D eigenvalue weighted by Gasteiger charge is -2.03. The molecule has 72 valence electrons. The molecule has 1 N–H and O–H groups in total. The molecule has 0 aliphatic heterocycles. The van der Waals surface area contributed by atoms with Crippen molar-refractivity contribution in [2.45, 2.75) is 13.3 Å². The molecule has 1 aromatic heterocycles. The Morgan fingerprint density at radius 2 is 2.00 bits per heavy atom. The van der Waals surface area contributed by atoms with Crippen LogP contribution in [0.25, 0.3) is 11.0 Å². The van der Waals surface area contributed by atoms with Gasteiger partial charge in [-0.3, -0.25) is 4.98 Å². The van der Waals surface area contributed by atoms with Gasteiger partial charge >= 0.3 is 0 Å². The lowest BCUT2D eigenvalue weighted by molar-refractivity contribution is 0.969. The van der Waals surface area contributed by atoms with Crippen molar-refractivity contribution in [3.63, 3.8) is 0 Å². The zero-order chi connectivity index (χ0) is 9.80. The Kier molecular flexibility index (Phi) is 2.58. The van der Waals surface area contributed by atoms with Gasteiger partial charge in [0.2, 0.25) is 0 Å². The van der Waals surface area contributed by atoms with Gasteiger partial charge < -0.3 is 5.32 Å². The molecule has 0 saturated heterocycles. The van der Waals surface area contributed by atoms with Crippen molar-refractivity contribution in [3.05, 3.63) is 30.5 Å². The molecule has 14 heavy (non-hydrogen) atoms. The quantitative estimate of drug-likeness (QED) is 0.802. The Hall–Kier alpha value is -1.64. The molecule has 0 aliphatic carbocycles. The molecule has 2 rings (SSSR count). The number of anilines is 1. The Labute approximate surface area is 83.2 Å². The van der Waals surface area contributed by atoms with Crippen molar-refractivity contribution < 1.29 is 0 Å². The van der Waals surface area contributed by atoms with E-state index in [1.165, 1.54) is 0 Å². The molecule has 1 aromatic carbocycles. The minimum absolute atomic E-state index is 0.852. The van der Waals surface area contributed by atoms with Gasteiger partial charge in [0.15, 0.2) is 0 Å². The standard InChI is InChI=1S/C11H13N3/c1-2-7-12-11-8-13-9-5-3-4-6-10(9)14-11/h3-6,8H,2,7H2,1H3,(H,12,14). The summed E-state index contributed by atoms with van der Waals surface area (Å²) in [6.07, 6.45) is 2.87. The average molecular weight is 187 g/mol. The van der Waals surface area contributed by atoms with Crippen molar-refractivity contribution in [2.75, 3.05) is 11.9 Å². The van der Waals surface area contributed by atoms with Gasteiger partial charge in [-0.05, 0) is 18.6 Å². The minimum Gasteiger partial charge on any atom is -0.369 e. The number of nitrogens with zero attached hydrogens (tertiary/aromatic N) is 2. The van der Waals surface area contributed by atoms with E-state index in [9.17, 15) is 0 Å². The predicted octanol–water partition coefficient (Wildman–Crippen LogP) is 2.45. The second-order valence-corrected chi connectivity index (χ2v) is 3.17. The molecule has 0 radical (unpaired) electrons. The summed E-state index contributed by atoms with van der Waals surface area (Å²) in [6, 6.07) is 7.88. The third kappa shape index (κ3) is 1.82. The largest absolute Gasteiger partial charge is 0.369 e. The molecule has 3 nitrogen and oxygen atoms in total. The fourth-order valence-electron chi connectivity index (χ4n) is 1.30. The van der Waals surface area contributed by atoms with Crippen LogP contribution < -0.4 is 5.32 Å². The van der Waals surface area contributed by atoms with Gasteiger partial charge in [0.25, 0.3) is 0 Å². The van der Waals surface area contributed by atoms with Gasteiger partial charge in [-0.2, -0.15) is 0 Å². The molecule has 1 heterocycles. The van der Waals surface area contributed by atoms with E-state index in [1.807, 2.05) is 24.3 Å². The first-order chi connectivity index (χ1) is 6.90. The van der Waals surface area contributed by atoms with Crippen LogP contribution in [0, 0.1) is 0 Å². The molecule has 0 amide bonds. The normalized spacial score (nSPS) is 10.4. The highest BCUT2D eigenvalue weighted by molar-refractivity contribution is 5.75. The number of hydrogen-bond acceptors (Lipinski definition) is 3. The van der Waals surface area contributed by atoms with Crippen molar-refractivity contribution in [2.24, 2.45) is 0 Å². The lowest BCUT2D eigenvalue weighted by atomic mass is 10.3. The summed E-state index contributed by atoms with van der Waals surface area (Å²) in [5.74, 6) is 0.852. The van der Waals surface area contributed by atoms with E-state index in [-0.39, 0.29) is 0 Å². The molecule has 0 spiro atoms. The van der Waals surface area contributed by atoms with E-state index in [4.69, 9.17) is 0 Å². The summed E-state index contributed by atoms with van der Waals surface area (Å²) in [5, 5.41) is 3.21. The minimum atomic E-state index is 0.852. The third-order valence-corrected chi connectivity index (χ3v) is 2.00. The first-order valence-corrected chi connectivity index (χ1v) is 4.86. The second kappa shape index (κ2) is 4.05. The number of nitrogens with one attached hydrogen (secondary N) is 1. The smallest absolute Gasteiger partial charge is 0.145 e. The van der Waals surface area contributed by atoms with Crippen LogP contribution in [0.3, 0.4) is 0 Å². The van der Waals surface area contributed by atoms with Gasteiger partial charge in [0, 0.05) is 6.54 Å². The number of benzene rings is 1. The van der Waals surface area contributed by atoms with E-state index >= 15 is 0 Å². The van der Waals surface area contributed by atoms with Crippen LogP contribution in [0.15, 0.2) is 30.5 Å². The fourth-order valence-corrected chi connectivity index (χ4v) is 1.30. The Morgan fingerprint density at radius 1 is 1.21 bits per heavy atom. The van der Waals surface area contributed by atoms with Crippen LogP contribution in [-0.4, -0.2) is 16.5 Å². The molecular weight excluding hydrogens is 174 g/mol. The van der Waals surface area contributed by atoms with Crippen molar-refractivity contribution in [1.29, 1.82) is 0 Å². The zero-order valence-electron chi connectivity index (χ0n) is 8.20. The summed E-state index contributed by atoms with van der Waals surface area (Å²) in [6.45, 7) is 3.06. The first kappa shape index (κ1) is 8.94. The summed E-state index contributed by atoms with van der Waals surface area (Å²) < 4.78 is 0. The molecule has 0 atom stereocenters. The summed E-state index contributed by atoms with van der Waals surface area (Å²) in [5.41, 5.74) is 1.88. The fraction of sp³-hybridized carbons (Fsp3) is 0.273. The van der Waals surface area contributed by atoms with Gasteiger partial charge in [0.05, 0.1) is 17.2 Å². The number of aromatic nitrogens is 2. The van der Waals surface area contributed by atoms with E-state index in [0.717, 1.165) is 29.8 Å². The number of para-hydroxylation sites is 2. The highest BCUT2D eigenvalue weighted by Crippen LogP contribution is 2.10. The van der Waals surface area contributed by atoms with Crippen LogP contribution in [-0.2, 0) is 0 Å². The van der Waals surface area contributed by atoms with Crippen LogP contribution >= 0.6 is 0 Å². The van der Waals surface area contributed by atoms with Crippen LogP contribution in [0.4, 0.5) is 5.82 Å². The maximum atomic E-state index is 4.44. The van der Waals surface area contributed by atoms with Crippen LogP contribution in [0.1, 0.15) is 13.3 Å². The topological polar surface area (TPSA) is 37.8 Å². The van der Waals surface area contributed by atoms with Gasteiger partial charge in [-0.25, -0.2) is 4.98 Å². The molecule has 0 aliphatic rings. The van der Waals surface area contributed by atoms with Crippen molar-refractivity contribution in [1.82, 2.24) is 9.97 Å². The number of hydrogen-bond donors (Lipinski definition) is 1. The van der Waals surface area contributed by atoms with Crippen LogP contribution in [0.5, 0.6) is 0 Å². The van der Waals surface area contributed by atoms with E-state index in [0.29, 0.717) is 0 Å². The Bertz CT molecular complexity index is 426. The summed E-state index contributed by atoms with van der Waals surface area (Å²) >= 11 is 0. The Morgan fingerprint density at radius 3 is 2.79 bits per heavy atom. The van der Waals surface area contributed by atoms with E-state index in [1.54, 1.807) is 6.20 Å². The highest BCUT2D eigenvalue weighted by atomic mass is 15.0. The monoisotopic (exact) mass is 187 g/mol. The van der Waals surface area contributed by atoms with Crippen LogP contribution in [0.2, 0.25) is 0 Å². The number of rotatable bonds is 3. The van der Waals surface area contributed by atoms with Crippen molar-refractivity contribution >= 4 is 16.9 Å². The first-order valence-electron chi connectivity index (χ1n) is 4.86. The SMILES string of the molecule is CCCNc1cnc2ccccc2n1. The molecule has 3 heteroatoms. The summed E-state index contributed by atoms with van der Waals surface area (Å²) in [4.78, 5) is 8.75. The Balaban J connectivity index is 2.32. The highest BCUT2D eigenvalue weighted by Gasteiger charge is 1.96.